The van der Waals surface area contributed by atoms with Crippen LogP contribution in [0.25, 0.3) is 0 Å². The van der Waals surface area contributed by atoms with Crippen molar-refractivity contribution in [3.63, 3.8) is 0 Å². The zero-order chi connectivity index (χ0) is 13.7. The third-order valence-corrected chi connectivity index (χ3v) is 3.39. The third-order valence-electron chi connectivity index (χ3n) is 2.65. The Kier molecular flexibility index (Phi) is 4.22. The number of para-hydroxylation sites is 1. The van der Waals surface area contributed by atoms with Crippen LogP contribution in [0.3, 0.4) is 0 Å². The second-order valence-electron chi connectivity index (χ2n) is 3.84. The molecule has 0 aliphatic heterocycles. The Morgan fingerprint density at radius 1 is 1.16 bits per heavy atom. The molecule has 3 nitrogen and oxygen atoms in total. The summed E-state index contributed by atoms with van der Waals surface area (Å²) in [5, 5.41) is 11.7. The maximum atomic E-state index is 12.1. The van der Waals surface area contributed by atoms with Gasteiger partial charge in [0.2, 0.25) is 0 Å². The van der Waals surface area contributed by atoms with Gasteiger partial charge in [-0.2, -0.15) is 5.26 Å². The van der Waals surface area contributed by atoms with Crippen molar-refractivity contribution in [1.29, 1.82) is 5.26 Å². The lowest BCUT2D eigenvalue weighted by atomic mass is 10.1. The van der Waals surface area contributed by atoms with E-state index in [1.165, 1.54) is 0 Å². The van der Waals surface area contributed by atoms with Crippen molar-refractivity contribution in [2.75, 3.05) is 11.6 Å². The summed E-state index contributed by atoms with van der Waals surface area (Å²) in [4.78, 5) is 13.2. The number of nitrogens with one attached hydrogen (secondary N) is 1. The summed E-state index contributed by atoms with van der Waals surface area (Å²) < 4.78 is 0. The van der Waals surface area contributed by atoms with E-state index in [-0.39, 0.29) is 5.91 Å². The summed E-state index contributed by atoms with van der Waals surface area (Å²) in [6, 6.07) is 16.3. The number of nitriles is 1. The van der Waals surface area contributed by atoms with Gasteiger partial charge in [-0.25, -0.2) is 0 Å². The average molecular weight is 268 g/mol. The van der Waals surface area contributed by atoms with E-state index < -0.39 is 0 Å². The lowest BCUT2D eigenvalue weighted by molar-refractivity contribution is 0.102. The first kappa shape index (κ1) is 13.2. The highest BCUT2D eigenvalue weighted by Gasteiger charge is 2.08. The van der Waals surface area contributed by atoms with Gasteiger partial charge in [0.1, 0.15) is 6.07 Å². The molecule has 0 heterocycles. The normalized spacial score (nSPS) is 9.68. The quantitative estimate of drug-likeness (QED) is 0.866. The number of rotatable bonds is 3. The number of thioether (sulfide) groups is 1. The molecular weight excluding hydrogens is 256 g/mol. The molecule has 94 valence electrons. The number of amides is 1. The molecule has 0 aliphatic carbocycles. The van der Waals surface area contributed by atoms with Gasteiger partial charge in [0, 0.05) is 10.5 Å². The minimum absolute atomic E-state index is 0.213. The van der Waals surface area contributed by atoms with Gasteiger partial charge in [-0.15, -0.1) is 11.8 Å². The van der Waals surface area contributed by atoms with Gasteiger partial charge < -0.3 is 5.32 Å². The number of carbonyl (C=O) groups excluding carboxylic acids is 1. The maximum absolute atomic E-state index is 12.1. The molecule has 0 bridgehead atoms. The lowest BCUT2D eigenvalue weighted by Crippen LogP contribution is -2.12. The molecule has 2 aromatic rings. The summed E-state index contributed by atoms with van der Waals surface area (Å²) in [6.07, 6.45) is 1.98. The topological polar surface area (TPSA) is 52.9 Å². The predicted octanol–water partition coefficient (Wildman–Crippen LogP) is 3.53. The van der Waals surface area contributed by atoms with Crippen molar-refractivity contribution >= 4 is 23.4 Å². The molecule has 4 heteroatoms. The van der Waals surface area contributed by atoms with E-state index in [2.05, 4.69) is 11.4 Å². The minimum atomic E-state index is -0.213. The fraction of sp³-hybridized carbons (Fsp3) is 0.0667. The van der Waals surface area contributed by atoms with Crippen LogP contribution in [-0.2, 0) is 0 Å². The maximum Gasteiger partial charge on any atom is 0.255 e. The van der Waals surface area contributed by atoms with Crippen molar-refractivity contribution in [1.82, 2.24) is 0 Å². The highest BCUT2D eigenvalue weighted by atomic mass is 32.2. The number of carbonyl (C=O) groups is 1. The van der Waals surface area contributed by atoms with Crippen LogP contribution < -0.4 is 5.32 Å². The summed E-state index contributed by atoms with van der Waals surface area (Å²) >= 11 is 1.62. The van der Waals surface area contributed by atoms with Gasteiger partial charge in [0.15, 0.2) is 0 Å². The highest BCUT2D eigenvalue weighted by Crippen LogP contribution is 2.17. The Labute approximate surface area is 116 Å². The van der Waals surface area contributed by atoms with Gasteiger partial charge in [0.05, 0.1) is 11.3 Å². The van der Waals surface area contributed by atoms with Crippen molar-refractivity contribution in [2.45, 2.75) is 4.90 Å². The van der Waals surface area contributed by atoms with Crippen LogP contribution in [0.1, 0.15) is 15.9 Å². The number of anilines is 1. The molecule has 0 saturated carbocycles. The van der Waals surface area contributed by atoms with Crippen molar-refractivity contribution in [2.24, 2.45) is 0 Å². The summed E-state index contributed by atoms with van der Waals surface area (Å²) in [5.74, 6) is -0.213. The van der Waals surface area contributed by atoms with Crippen LogP contribution in [-0.4, -0.2) is 12.2 Å². The standard InChI is InChI=1S/C15H12N2OS/c1-19-13-8-6-11(7-9-13)15(18)17-14-5-3-2-4-12(14)10-16/h2-9H,1H3,(H,17,18). The van der Waals surface area contributed by atoms with E-state index in [0.29, 0.717) is 16.8 Å². The van der Waals surface area contributed by atoms with Crippen LogP contribution >= 0.6 is 11.8 Å². The largest absolute Gasteiger partial charge is 0.321 e. The Morgan fingerprint density at radius 3 is 2.47 bits per heavy atom. The van der Waals surface area contributed by atoms with Crippen LogP contribution in [0.5, 0.6) is 0 Å². The van der Waals surface area contributed by atoms with E-state index in [1.54, 1.807) is 48.2 Å². The Bertz CT molecular complexity index is 629. The van der Waals surface area contributed by atoms with Gasteiger partial charge in [-0.3, -0.25) is 4.79 Å². The fourth-order valence-corrected chi connectivity index (χ4v) is 2.03. The molecule has 0 unspecified atom stereocenters. The Balaban J connectivity index is 2.18. The second kappa shape index (κ2) is 6.07. The third kappa shape index (κ3) is 3.15. The van der Waals surface area contributed by atoms with Gasteiger partial charge >= 0.3 is 0 Å². The van der Waals surface area contributed by atoms with Crippen LogP contribution in [0, 0.1) is 11.3 Å². The summed E-state index contributed by atoms with van der Waals surface area (Å²) in [6.45, 7) is 0. The molecule has 0 aliphatic rings. The first-order valence-corrected chi connectivity index (χ1v) is 6.91. The molecule has 2 aromatic carbocycles. The van der Waals surface area contributed by atoms with Gasteiger partial charge in [0.25, 0.3) is 5.91 Å². The van der Waals surface area contributed by atoms with Gasteiger partial charge in [-0.05, 0) is 42.7 Å². The number of benzene rings is 2. The second-order valence-corrected chi connectivity index (χ2v) is 4.72. The van der Waals surface area contributed by atoms with E-state index in [1.807, 2.05) is 18.4 Å². The molecule has 2 rings (SSSR count). The van der Waals surface area contributed by atoms with E-state index in [4.69, 9.17) is 5.26 Å². The van der Waals surface area contributed by atoms with Crippen molar-refractivity contribution in [3.05, 3.63) is 59.7 Å². The molecular formula is C15H12N2OS. The number of nitrogens with zero attached hydrogens (tertiary/aromatic N) is 1. The Morgan fingerprint density at radius 2 is 1.84 bits per heavy atom. The first-order chi connectivity index (χ1) is 9.24. The summed E-state index contributed by atoms with van der Waals surface area (Å²) in [5.41, 5.74) is 1.56. The molecule has 1 amide bonds. The van der Waals surface area contributed by atoms with E-state index in [0.717, 1.165) is 4.90 Å². The van der Waals surface area contributed by atoms with E-state index >= 15 is 0 Å². The summed E-state index contributed by atoms with van der Waals surface area (Å²) in [7, 11) is 0. The molecule has 0 spiro atoms. The average Bonchev–Trinajstić information content (AvgIpc) is 2.48. The molecule has 0 atom stereocenters. The van der Waals surface area contributed by atoms with Crippen molar-refractivity contribution < 1.29 is 4.79 Å². The minimum Gasteiger partial charge on any atom is -0.321 e. The van der Waals surface area contributed by atoms with Crippen LogP contribution in [0.15, 0.2) is 53.4 Å². The number of hydrogen-bond donors (Lipinski definition) is 1. The van der Waals surface area contributed by atoms with E-state index in [9.17, 15) is 4.79 Å². The molecule has 0 fully saturated rings. The monoisotopic (exact) mass is 268 g/mol. The fourth-order valence-electron chi connectivity index (χ4n) is 1.63. The zero-order valence-electron chi connectivity index (χ0n) is 10.4. The lowest BCUT2D eigenvalue weighted by Gasteiger charge is -2.07. The highest BCUT2D eigenvalue weighted by molar-refractivity contribution is 7.98. The smallest absolute Gasteiger partial charge is 0.255 e. The van der Waals surface area contributed by atoms with Crippen LogP contribution in [0.2, 0.25) is 0 Å². The molecule has 0 aromatic heterocycles. The Hall–Kier alpha value is -2.25. The van der Waals surface area contributed by atoms with Crippen LogP contribution in [0.4, 0.5) is 5.69 Å². The van der Waals surface area contributed by atoms with Crippen molar-refractivity contribution in [3.8, 4) is 6.07 Å². The van der Waals surface area contributed by atoms with Gasteiger partial charge in [-0.1, -0.05) is 12.1 Å². The molecule has 0 radical (unpaired) electrons. The molecule has 0 saturated heterocycles. The first-order valence-electron chi connectivity index (χ1n) is 5.69. The zero-order valence-corrected chi connectivity index (χ0v) is 11.2. The molecule has 1 N–H and O–H groups in total. The predicted molar refractivity (Wildman–Crippen MR) is 77.3 cm³/mol. The SMILES string of the molecule is CSc1ccc(C(=O)Nc2ccccc2C#N)cc1. The number of hydrogen-bond acceptors (Lipinski definition) is 3. The molecule has 19 heavy (non-hydrogen) atoms.